The minimum Gasteiger partial charge on any atom is -0.493 e. The quantitative estimate of drug-likeness (QED) is 0.742. The third kappa shape index (κ3) is 3.54. The van der Waals surface area contributed by atoms with Gasteiger partial charge in [0.2, 0.25) is 5.78 Å². The number of ether oxygens (including phenoxy) is 4. The Morgan fingerprint density at radius 2 is 1.85 bits per heavy atom. The van der Waals surface area contributed by atoms with Crippen LogP contribution in [0, 0.1) is 0 Å². The van der Waals surface area contributed by atoms with Crippen LogP contribution in [-0.2, 0) is 4.79 Å². The number of hydrogen-bond donors (Lipinski definition) is 0. The number of methoxy groups -OCH3 is 2. The Morgan fingerprint density at radius 1 is 1.08 bits per heavy atom. The van der Waals surface area contributed by atoms with E-state index in [2.05, 4.69) is 0 Å². The van der Waals surface area contributed by atoms with E-state index < -0.39 is 0 Å². The van der Waals surface area contributed by atoms with Gasteiger partial charge in [-0.2, -0.15) is 0 Å². The summed E-state index contributed by atoms with van der Waals surface area (Å²) in [6, 6.07) is 10.2. The minimum absolute atomic E-state index is 0.0267. The van der Waals surface area contributed by atoms with E-state index in [1.807, 2.05) is 0 Å². The van der Waals surface area contributed by atoms with Gasteiger partial charge in [-0.05, 0) is 42.8 Å². The van der Waals surface area contributed by atoms with Crippen LogP contribution < -0.4 is 18.9 Å². The van der Waals surface area contributed by atoms with Gasteiger partial charge in [0.25, 0.3) is 0 Å². The molecular weight excluding hydrogens is 336 g/mol. The Kier molecular flexibility index (Phi) is 4.93. The molecule has 0 spiro atoms. The molecule has 26 heavy (non-hydrogen) atoms. The van der Waals surface area contributed by atoms with E-state index >= 15 is 0 Å². The van der Waals surface area contributed by atoms with E-state index in [4.69, 9.17) is 18.9 Å². The van der Waals surface area contributed by atoms with E-state index in [0.29, 0.717) is 28.6 Å². The van der Waals surface area contributed by atoms with Crippen LogP contribution in [0.4, 0.5) is 0 Å². The molecule has 2 aromatic carbocycles. The number of benzene rings is 2. The normalized spacial score (nSPS) is 14.0. The first kappa shape index (κ1) is 17.5. The Labute approximate surface area is 150 Å². The number of rotatable bonds is 6. The Hall–Kier alpha value is -3.28. The van der Waals surface area contributed by atoms with Gasteiger partial charge < -0.3 is 18.9 Å². The smallest absolute Gasteiger partial charge is 0.231 e. The van der Waals surface area contributed by atoms with E-state index in [-0.39, 0.29) is 23.9 Å². The van der Waals surface area contributed by atoms with Crippen molar-refractivity contribution in [2.24, 2.45) is 0 Å². The molecule has 6 heteroatoms. The molecule has 1 aliphatic rings. The summed E-state index contributed by atoms with van der Waals surface area (Å²) in [7, 11) is 3.10. The molecule has 0 unspecified atom stereocenters. The van der Waals surface area contributed by atoms with Gasteiger partial charge in [-0.3, -0.25) is 9.59 Å². The molecule has 1 aliphatic heterocycles. The average molecular weight is 354 g/mol. The summed E-state index contributed by atoms with van der Waals surface area (Å²) in [6.45, 7) is 1.42. The van der Waals surface area contributed by atoms with Crippen LogP contribution in [0.2, 0.25) is 0 Å². The second kappa shape index (κ2) is 7.31. The standard InChI is InChI=1S/C20H18O6/c1-12(21)11-25-14-5-6-15-17(10-14)26-19(20(15)22)9-13-4-7-16(23-2)18(8-13)24-3/h4-10H,11H2,1-3H3. The monoisotopic (exact) mass is 354 g/mol. The number of carbonyl (C=O) groups is 2. The van der Waals surface area contributed by atoms with Crippen molar-refractivity contribution in [3.05, 3.63) is 53.3 Å². The molecule has 6 nitrogen and oxygen atoms in total. The summed E-state index contributed by atoms with van der Waals surface area (Å²) in [5, 5.41) is 0. The Morgan fingerprint density at radius 3 is 2.54 bits per heavy atom. The second-order valence-electron chi connectivity index (χ2n) is 5.70. The fourth-order valence-corrected chi connectivity index (χ4v) is 2.54. The number of Topliss-reactive ketones (excluding diaryl/α,β-unsaturated/α-hetero) is 2. The van der Waals surface area contributed by atoms with Gasteiger partial charge in [-0.25, -0.2) is 0 Å². The van der Waals surface area contributed by atoms with Crippen LogP contribution in [0.25, 0.3) is 6.08 Å². The third-order valence-corrected chi connectivity index (χ3v) is 3.79. The summed E-state index contributed by atoms with van der Waals surface area (Å²) in [6.07, 6.45) is 1.64. The zero-order chi connectivity index (χ0) is 18.7. The highest BCUT2D eigenvalue weighted by Gasteiger charge is 2.27. The van der Waals surface area contributed by atoms with Crippen molar-refractivity contribution < 1.29 is 28.5 Å². The van der Waals surface area contributed by atoms with Crippen LogP contribution >= 0.6 is 0 Å². The fraction of sp³-hybridized carbons (Fsp3) is 0.200. The van der Waals surface area contributed by atoms with Crippen molar-refractivity contribution >= 4 is 17.6 Å². The van der Waals surface area contributed by atoms with Gasteiger partial charge >= 0.3 is 0 Å². The van der Waals surface area contributed by atoms with Crippen molar-refractivity contribution in [1.29, 1.82) is 0 Å². The zero-order valence-corrected chi connectivity index (χ0v) is 14.7. The van der Waals surface area contributed by atoms with Crippen molar-refractivity contribution in [3.8, 4) is 23.0 Å². The molecule has 0 saturated heterocycles. The number of hydrogen-bond acceptors (Lipinski definition) is 6. The largest absolute Gasteiger partial charge is 0.493 e. The minimum atomic E-state index is -0.215. The summed E-state index contributed by atoms with van der Waals surface area (Å²) in [4.78, 5) is 23.5. The van der Waals surface area contributed by atoms with Gasteiger partial charge in [0.1, 0.15) is 18.1 Å². The maximum Gasteiger partial charge on any atom is 0.231 e. The van der Waals surface area contributed by atoms with Gasteiger partial charge in [-0.15, -0.1) is 0 Å². The molecule has 2 aromatic rings. The van der Waals surface area contributed by atoms with Gasteiger partial charge in [0.15, 0.2) is 23.0 Å². The van der Waals surface area contributed by atoms with Crippen LogP contribution in [0.3, 0.4) is 0 Å². The van der Waals surface area contributed by atoms with Crippen molar-refractivity contribution in [2.45, 2.75) is 6.92 Å². The number of ketones is 2. The van der Waals surface area contributed by atoms with Gasteiger partial charge in [0, 0.05) is 6.07 Å². The SMILES string of the molecule is COc1ccc(C=C2Oc3cc(OCC(C)=O)ccc3C2=O)cc1OC. The van der Waals surface area contributed by atoms with Crippen molar-refractivity contribution in [2.75, 3.05) is 20.8 Å². The molecule has 1 heterocycles. The maximum absolute atomic E-state index is 12.5. The summed E-state index contributed by atoms with van der Waals surface area (Å²) in [5.41, 5.74) is 1.19. The van der Waals surface area contributed by atoms with E-state index in [1.54, 1.807) is 56.7 Å². The third-order valence-electron chi connectivity index (χ3n) is 3.79. The molecule has 0 amide bonds. The van der Waals surface area contributed by atoms with Crippen LogP contribution in [-0.4, -0.2) is 32.4 Å². The first-order valence-electron chi connectivity index (χ1n) is 7.94. The van der Waals surface area contributed by atoms with E-state index in [1.165, 1.54) is 6.92 Å². The first-order valence-corrected chi connectivity index (χ1v) is 7.94. The number of carbonyl (C=O) groups excluding carboxylic acids is 2. The lowest BCUT2D eigenvalue weighted by atomic mass is 10.1. The molecule has 0 saturated carbocycles. The van der Waals surface area contributed by atoms with Crippen molar-refractivity contribution in [3.63, 3.8) is 0 Å². The van der Waals surface area contributed by atoms with Crippen LogP contribution in [0.5, 0.6) is 23.0 Å². The molecular formula is C20H18O6. The second-order valence-corrected chi connectivity index (χ2v) is 5.70. The van der Waals surface area contributed by atoms with Crippen LogP contribution in [0.15, 0.2) is 42.2 Å². The molecule has 0 atom stereocenters. The summed E-state index contributed by atoms with van der Waals surface area (Å²) in [5.74, 6) is 1.94. The lowest BCUT2D eigenvalue weighted by molar-refractivity contribution is -0.118. The molecule has 0 bridgehead atoms. The highest BCUT2D eigenvalue weighted by Crippen LogP contribution is 2.35. The average Bonchev–Trinajstić information content (AvgIpc) is 2.95. The maximum atomic E-state index is 12.5. The number of fused-ring (bicyclic) bond motifs is 1. The fourth-order valence-electron chi connectivity index (χ4n) is 2.54. The van der Waals surface area contributed by atoms with Crippen LogP contribution in [0.1, 0.15) is 22.8 Å². The molecule has 3 rings (SSSR count). The van der Waals surface area contributed by atoms with Gasteiger partial charge in [0.05, 0.1) is 19.8 Å². The molecule has 0 radical (unpaired) electrons. The zero-order valence-electron chi connectivity index (χ0n) is 14.7. The van der Waals surface area contributed by atoms with Crippen molar-refractivity contribution in [1.82, 2.24) is 0 Å². The molecule has 0 N–H and O–H groups in total. The molecule has 0 fully saturated rings. The highest BCUT2D eigenvalue weighted by molar-refractivity contribution is 6.14. The Balaban J connectivity index is 1.85. The molecule has 0 aromatic heterocycles. The first-order chi connectivity index (χ1) is 12.5. The van der Waals surface area contributed by atoms with E-state index in [9.17, 15) is 9.59 Å². The lowest BCUT2D eigenvalue weighted by Crippen LogP contribution is -2.06. The van der Waals surface area contributed by atoms with E-state index in [0.717, 1.165) is 5.56 Å². The lowest BCUT2D eigenvalue weighted by Gasteiger charge is -2.08. The van der Waals surface area contributed by atoms with Gasteiger partial charge in [-0.1, -0.05) is 6.07 Å². The Bertz CT molecular complexity index is 897. The predicted molar refractivity (Wildman–Crippen MR) is 95.1 cm³/mol. The molecule has 134 valence electrons. The topological polar surface area (TPSA) is 71.1 Å². The highest BCUT2D eigenvalue weighted by atomic mass is 16.5. The summed E-state index contributed by atoms with van der Waals surface area (Å²) < 4.78 is 21.5. The number of allylic oxidation sites excluding steroid dienone is 1. The predicted octanol–water partition coefficient (Wildman–Crippen LogP) is 3.29. The molecule has 0 aliphatic carbocycles. The summed E-state index contributed by atoms with van der Waals surface area (Å²) >= 11 is 0.